The van der Waals surface area contributed by atoms with Crippen molar-refractivity contribution in [1.29, 1.82) is 0 Å². The van der Waals surface area contributed by atoms with Crippen molar-refractivity contribution < 1.29 is 14.7 Å². The zero-order chi connectivity index (χ0) is 24.5. The second kappa shape index (κ2) is 9.89. The van der Waals surface area contributed by atoms with Crippen LogP contribution in [0.15, 0.2) is 52.4 Å². The van der Waals surface area contributed by atoms with Crippen LogP contribution in [0.25, 0.3) is 16.5 Å². The predicted octanol–water partition coefficient (Wildman–Crippen LogP) is 6.01. The number of nitrogens with one attached hydrogen (secondary N) is 1. The second-order valence-electron chi connectivity index (χ2n) is 9.22. The lowest BCUT2D eigenvalue weighted by molar-refractivity contribution is -0.143. The highest BCUT2D eigenvalue weighted by atomic mass is 79.9. The third-order valence-electron chi connectivity index (χ3n) is 5.60. The number of amides is 1. The van der Waals surface area contributed by atoms with Crippen LogP contribution in [0, 0.1) is 5.92 Å². The number of nitrogens with zero attached hydrogens (tertiary/aromatic N) is 2. The Hall–Kier alpha value is -2.32. The number of carboxylic acids is 1. The number of carbonyl (C=O) groups excluding carboxylic acids is 1. The molecule has 0 saturated carbocycles. The van der Waals surface area contributed by atoms with E-state index in [1.165, 1.54) is 22.7 Å². The molecule has 33 heavy (non-hydrogen) atoms. The molecule has 1 amide bonds. The van der Waals surface area contributed by atoms with Crippen LogP contribution >= 0.6 is 27.7 Å². The van der Waals surface area contributed by atoms with E-state index in [1.54, 1.807) is 33.9 Å². The van der Waals surface area contributed by atoms with Crippen molar-refractivity contribution in [3.63, 3.8) is 0 Å². The smallest absolute Gasteiger partial charge is 0.326 e. The molecular formula is C25H30BrN3O3S. The number of hydrogen-bond acceptors (Lipinski definition) is 4. The number of aromatic nitrogens is 2. The lowest BCUT2D eigenvalue weighted by Gasteiger charge is -2.27. The van der Waals surface area contributed by atoms with Gasteiger partial charge >= 0.3 is 5.97 Å². The fourth-order valence-electron chi connectivity index (χ4n) is 3.71. The van der Waals surface area contributed by atoms with E-state index in [1.807, 2.05) is 16.7 Å². The Morgan fingerprint density at radius 3 is 2.30 bits per heavy atom. The number of halogens is 1. The Balaban J connectivity index is 2.01. The van der Waals surface area contributed by atoms with E-state index in [4.69, 9.17) is 0 Å². The standard InChI is InChI=1S/C25H30BrN3O3S/c1-14(2)16-11-12-19(18-10-8-7-9-17(16)18)29-20(26)13-27-24(29)33-25(5,6)23(32)28-21(15(3)4)22(30)31/h7-15,21H,1-6H3,(H,28,32)(H,30,31). The Morgan fingerprint density at radius 1 is 1.09 bits per heavy atom. The minimum absolute atomic E-state index is 0.228. The summed E-state index contributed by atoms with van der Waals surface area (Å²) in [6, 6.07) is 11.6. The summed E-state index contributed by atoms with van der Waals surface area (Å²) in [5.41, 5.74) is 2.23. The Morgan fingerprint density at radius 2 is 1.73 bits per heavy atom. The van der Waals surface area contributed by atoms with E-state index in [2.05, 4.69) is 64.3 Å². The largest absolute Gasteiger partial charge is 0.480 e. The van der Waals surface area contributed by atoms with Crippen LogP contribution in [-0.2, 0) is 9.59 Å². The van der Waals surface area contributed by atoms with Crippen molar-refractivity contribution >= 4 is 50.3 Å². The number of thioether (sulfide) groups is 1. The van der Waals surface area contributed by atoms with Crippen LogP contribution in [0.3, 0.4) is 0 Å². The van der Waals surface area contributed by atoms with Crippen LogP contribution < -0.4 is 5.32 Å². The van der Waals surface area contributed by atoms with Gasteiger partial charge in [-0.25, -0.2) is 9.78 Å². The van der Waals surface area contributed by atoms with Crippen molar-refractivity contribution in [2.24, 2.45) is 5.92 Å². The van der Waals surface area contributed by atoms with Crippen LogP contribution in [0.4, 0.5) is 0 Å². The summed E-state index contributed by atoms with van der Waals surface area (Å²) in [7, 11) is 0. The topological polar surface area (TPSA) is 84.2 Å². The lowest BCUT2D eigenvalue weighted by Crippen LogP contribution is -2.50. The number of hydrogen-bond donors (Lipinski definition) is 2. The van der Waals surface area contributed by atoms with Crippen LogP contribution in [0.1, 0.15) is 53.0 Å². The first-order valence-electron chi connectivity index (χ1n) is 10.9. The first-order valence-corrected chi connectivity index (χ1v) is 12.5. The first kappa shape index (κ1) is 25.3. The number of carbonyl (C=O) groups is 2. The van der Waals surface area contributed by atoms with E-state index >= 15 is 0 Å². The van der Waals surface area contributed by atoms with Gasteiger partial charge in [0.15, 0.2) is 5.16 Å². The zero-order valence-corrected chi connectivity index (χ0v) is 22.1. The Bertz CT molecular complexity index is 1190. The molecule has 0 bridgehead atoms. The van der Waals surface area contributed by atoms with E-state index in [0.29, 0.717) is 11.1 Å². The fraction of sp³-hybridized carbons (Fsp3) is 0.400. The minimum atomic E-state index is -1.04. The van der Waals surface area contributed by atoms with Gasteiger partial charge in [-0.3, -0.25) is 9.36 Å². The van der Waals surface area contributed by atoms with Gasteiger partial charge in [0.2, 0.25) is 5.91 Å². The molecule has 0 aliphatic rings. The van der Waals surface area contributed by atoms with Crippen molar-refractivity contribution in [3.8, 4) is 5.69 Å². The number of fused-ring (bicyclic) bond motifs is 1. The number of imidazole rings is 1. The van der Waals surface area contributed by atoms with Gasteiger partial charge in [0, 0.05) is 5.39 Å². The molecular weight excluding hydrogens is 502 g/mol. The van der Waals surface area contributed by atoms with Gasteiger partial charge in [-0.2, -0.15) is 0 Å². The molecule has 1 heterocycles. The van der Waals surface area contributed by atoms with Gasteiger partial charge in [-0.15, -0.1) is 0 Å². The molecule has 0 aliphatic carbocycles. The van der Waals surface area contributed by atoms with E-state index < -0.39 is 16.8 Å². The van der Waals surface area contributed by atoms with Gasteiger partial charge < -0.3 is 10.4 Å². The highest BCUT2D eigenvalue weighted by Crippen LogP contribution is 2.38. The van der Waals surface area contributed by atoms with Crippen LogP contribution in [0.5, 0.6) is 0 Å². The van der Waals surface area contributed by atoms with Gasteiger partial charge in [0.1, 0.15) is 10.6 Å². The summed E-state index contributed by atoms with van der Waals surface area (Å²) in [5, 5.41) is 15.1. The SMILES string of the molecule is CC(C)c1ccc(-n2c(Br)cnc2SC(C)(C)C(=O)NC(C(=O)O)C(C)C)c2ccccc12. The van der Waals surface area contributed by atoms with Gasteiger partial charge in [-0.05, 0) is 58.6 Å². The maximum atomic E-state index is 13.0. The molecule has 176 valence electrons. The lowest BCUT2D eigenvalue weighted by atomic mass is 9.95. The Kier molecular flexibility index (Phi) is 7.59. The third kappa shape index (κ3) is 5.27. The van der Waals surface area contributed by atoms with Crippen molar-refractivity contribution in [2.75, 3.05) is 0 Å². The summed E-state index contributed by atoms with van der Waals surface area (Å²) < 4.78 is 1.82. The number of benzene rings is 2. The normalized spacial score (nSPS) is 13.0. The van der Waals surface area contributed by atoms with Gasteiger partial charge in [-0.1, -0.05) is 69.8 Å². The Labute approximate surface area is 207 Å². The number of carboxylic acid groups (broad SMARTS) is 1. The van der Waals surface area contributed by atoms with Gasteiger partial charge in [0.25, 0.3) is 0 Å². The molecule has 0 fully saturated rings. The monoisotopic (exact) mass is 531 g/mol. The molecule has 1 atom stereocenters. The van der Waals surface area contributed by atoms with Crippen LogP contribution in [0.2, 0.25) is 0 Å². The molecule has 0 radical (unpaired) electrons. The number of aliphatic carboxylic acids is 1. The molecule has 0 aliphatic heterocycles. The first-order chi connectivity index (χ1) is 15.4. The molecule has 8 heteroatoms. The molecule has 6 nitrogen and oxygen atoms in total. The minimum Gasteiger partial charge on any atom is -0.480 e. The average Bonchev–Trinajstić information content (AvgIpc) is 3.09. The fourth-order valence-corrected chi connectivity index (χ4v) is 5.29. The number of rotatable bonds is 8. The molecule has 2 N–H and O–H groups in total. The molecule has 3 aromatic rings. The van der Waals surface area contributed by atoms with Gasteiger partial charge in [0.05, 0.1) is 16.6 Å². The summed E-state index contributed by atoms with van der Waals surface area (Å²) in [5.74, 6) is -1.23. The molecule has 3 rings (SSSR count). The molecule has 0 spiro atoms. The quantitative estimate of drug-likeness (QED) is 0.348. The maximum absolute atomic E-state index is 13.0. The molecule has 0 saturated heterocycles. The van der Waals surface area contributed by atoms with E-state index in [-0.39, 0.29) is 11.8 Å². The van der Waals surface area contributed by atoms with E-state index in [0.717, 1.165) is 15.7 Å². The average molecular weight is 533 g/mol. The highest BCUT2D eigenvalue weighted by Gasteiger charge is 2.35. The van der Waals surface area contributed by atoms with Crippen molar-refractivity contribution in [2.45, 2.75) is 63.4 Å². The summed E-state index contributed by atoms with van der Waals surface area (Å²) >= 11 is 4.92. The molecule has 1 unspecified atom stereocenters. The molecule has 1 aromatic heterocycles. The summed E-state index contributed by atoms with van der Waals surface area (Å²) in [6.07, 6.45) is 1.72. The summed E-state index contributed by atoms with van der Waals surface area (Å²) in [6.45, 7) is 11.5. The highest BCUT2D eigenvalue weighted by molar-refractivity contribution is 9.10. The molecule has 2 aromatic carbocycles. The van der Waals surface area contributed by atoms with Crippen molar-refractivity contribution in [3.05, 3.63) is 52.8 Å². The van der Waals surface area contributed by atoms with Crippen molar-refractivity contribution in [1.82, 2.24) is 14.9 Å². The van der Waals surface area contributed by atoms with E-state index in [9.17, 15) is 14.7 Å². The predicted molar refractivity (Wildman–Crippen MR) is 137 cm³/mol. The second-order valence-corrected chi connectivity index (χ2v) is 11.6. The zero-order valence-electron chi connectivity index (χ0n) is 19.7. The van der Waals surface area contributed by atoms with Crippen LogP contribution in [-0.4, -0.2) is 37.3 Å². The maximum Gasteiger partial charge on any atom is 0.326 e. The summed E-state index contributed by atoms with van der Waals surface area (Å²) in [4.78, 5) is 29.1. The third-order valence-corrected chi connectivity index (χ3v) is 7.32.